The van der Waals surface area contributed by atoms with Gasteiger partial charge in [0.1, 0.15) is 11.6 Å². The number of carbonyl (C=O) groups is 1. The highest BCUT2D eigenvalue weighted by atomic mass is 35.5. The fourth-order valence-corrected chi connectivity index (χ4v) is 5.08. The number of rotatable bonds is 10. The van der Waals surface area contributed by atoms with Crippen molar-refractivity contribution in [2.75, 3.05) is 40.7 Å². The predicted octanol–water partition coefficient (Wildman–Crippen LogP) is 3.16. The van der Waals surface area contributed by atoms with Crippen molar-refractivity contribution in [1.82, 2.24) is 5.32 Å². The third-order valence-corrected chi connectivity index (χ3v) is 7.19. The van der Waals surface area contributed by atoms with E-state index in [9.17, 15) is 18.3 Å². The molecule has 3 atom stereocenters. The second-order valence-electron chi connectivity index (χ2n) is 8.34. The fourth-order valence-electron chi connectivity index (χ4n) is 4.31. The fraction of sp³-hybridized carbons (Fsp3) is 0.458. The summed E-state index contributed by atoms with van der Waals surface area (Å²) in [5, 5.41) is 14.3. The van der Waals surface area contributed by atoms with Crippen LogP contribution in [0, 0.1) is 0 Å². The first kappa shape index (κ1) is 29.4. The Labute approximate surface area is 225 Å². The van der Waals surface area contributed by atoms with Crippen LogP contribution in [0.25, 0.3) is 0 Å². The van der Waals surface area contributed by atoms with Crippen LogP contribution in [0.1, 0.15) is 28.8 Å². The van der Waals surface area contributed by atoms with Crippen LogP contribution >= 0.6 is 23.2 Å². The first-order chi connectivity index (χ1) is 17.5. The number of Topliss-reactive ketones (excluding diaryl/α,β-unsaturated/α-hetero) is 1. The van der Waals surface area contributed by atoms with Crippen LogP contribution in [-0.2, 0) is 24.6 Å². The molecule has 0 radical (unpaired) electrons. The molecular weight excluding hydrogens is 549 g/mol. The van der Waals surface area contributed by atoms with Gasteiger partial charge >= 0.3 is 0 Å². The maximum atomic E-state index is 14.1. The average Bonchev–Trinajstić information content (AvgIpc) is 3.06. The Hall–Kier alpha value is -2.12. The first-order valence-electron chi connectivity index (χ1n) is 11.2. The molecule has 0 aromatic heterocycles. The minimum atomic E-state index is -4.03. The van der Waals surface area contributed by atoms with Crippen molar-refractivity contribution in [2.45, 2.75) is 30.8 Å². The smallest absolute Gasteiger partial charge is 0.266 e. The molecule has 1 aliphatic rings. The summed E-state index contributed by atoms with van der Waals surface area (Å²) in [4.78, 5) is 14.1. The molecule has 1 unspecified atom stereocenters. The minimum absolute atomic E-state index is 0.184. The largest absolute Gasteiger partial charge is 0.493 e. The van der Waals surface area contributed by atoms with E-state index in [1.807, 2.05) is 0 Å². The predicted molar refractivity (Wildman–Crippen MR) is 137 cm³/mol. The lowest BCUT2D eigenvalue weighted by Gasteiger charge is -2.40. The highest BCUT2D eigenvalue weighted by Gasteiger charge is 2.49. The zero-order chi connectivity index (χ0) is 27.4. The summed E-state index contributed by atoms with van der Waals surface area (Å²) in [7, 11) is 0.274. The van der Waals surface area contributed by atoms with E-state index in [1.54, 1.807) is 6.07 Å². The van der Waals surface area contributed by atoms with Crippen LogP contribution in [0.15, 0.2) is 30.3 Å². The SMILES string of the molecule is COc1cc(C(=O)[C@@H]2NCCCO[C@]2(CC(O)OS(C)(=O)=O)c2ccc(Cl)c(Cl)c2)cc(OC)c1OC. The number of hydrogen-bond donors (Lipinski definition) is 2. The Morgan fingerprint density at radius 3 is 2.32 bits per heavy atom. The standard InChI is InChI=1S/C24H29Cl2NO9S/c1-32-18-10-14(11-19(33-2)22(18)34-3)21(29)23-24(35-9-5-8-27-23,13-20(28)36-37(4,30)31)15-6-7-16(25)17(26)12-15/h6-7,10-12,20,23,27-28H,5,8-9,13H2,1-4H3/t20?,23-,24+/m0/s1. The Morgan fingerprint density at radius 2 is 1.78 bits per heavy atom. The number of hydrogen-bond acceptors (Lipinski definition) is 10. The zero-order valence-electron chi connectivity index (χ0n) is 20.7. The molecule has 3 rings (SSSR count). The summed E-state index contributed by atoms with van der Waals surface area (Å²) in [6.45, 7) is 0.588. The monoisotopic (exact) mass is 577 g/mol. The molecule has 0 spiro atoms. The lowest BCUT2D eigenvalue weighted by molar-refractivity contribution is -0.125. The van der Waals surface area contributed by atoms with Gasteiger partial charge in [0.25, 0.3) is 10.1 Å². The molecule has 0 bridgehead atoms. The number of aliphatic hydroxyl groups is 1. The highest BCUT2D eigenvalue weighted by molar-refractivity contribution is 7.86. The van der Waals surface area contributed by atoms with E-state index >= 15 is 0 Å². The van der Waals surface area contributed by atoms with Crippen molar-refractivity contribution in [3.63, 3.8) is 0 Å². The number of methoxy groups -OCH3 is 3. The summed E-state index contributed by atoms with van der Waals surface area (Å²) < 4.78 is 50.7. The molecule has 0 saturated carbocycles. The Bertz CT molecular complexity index is 1220. The third kappa shape index (κ3) is 6.66. The van der Waals surface area contributed by atoms with Crippen LogP contribution in [-0.4, -0.2) is 72.4 Å². The van der Waals surface area contributed by atoms with Gasteiger partial charge < -0.3 is 29.4 Å². The van der Waals surface area contributed by atoms with Crippen molar-refractivity contribution >= 4 is 39.1 Å². The van der Waals surface area contributed by atoms with Crippen molar-refractivity contribution < 1.29 is 41.4 Å². The normalized spacial score (nSPS) is 21.1. The van der Waals surface area contributed by atoms with Gasteiger partial charge in [-0.3, -0.25) is 4.79 Å². The van der Waals surface area contributed by atoms with E-state index in [4.69, 9.17) is 46.3 Å². The van der Waals surface area contributed by atoms with Crippen molar-refractivity contribution in [3.8, 4) is 17.2 Å². The van der Waals surface area contributed by atoms with Crippen LogP contribution in [0.3, 0.4) is 0 Å². The van der Waals surface area contributed by atoms with Crippen LogP contribution in [0.5, 0.6) is 17.2 Å². The van der Waals surface area contributed by atoms with Crippen molar-refractivity contribution in [1.29, 1.82) is 0 Å². The number of nitrogens with one attached hydrogen (secondary N) is 1. The van der Waals surface area contributed by atoms with E-state index < -0.39 is 40.3 Å². The van der Waals surface area contributed by atoms with E-state index in [0.29, 0.717) is 24.3 Å². The summed E-state index contributed by atoms with van der Waals surface area (Å²) in [5.41, 5.74) is -1.02. The van der Waals surface area contributed by atoms with E-state index in [1.165, 1.54) is 45.6 Å². The molecule has 37 heavy (non-hydrogen) atoms. The quantitative estimate of drug-likeness (QED) is 0.246. The molecular formula is C24H29Cl2NO9S. The van der Waals surface area contributed by atoms with Gasteiger partial charge in [-0.05, 0) is 42.8 Å². The highest BCUT2D eigenvalue weighted by Crippen LogP contribution is 2.43. The van der Waals surface area contributed by atoms with Gasteiger partial charge in [-0.25, -0.2) is 4.18 Å². The molecule has 2 aromatic rings. The number of aliphatic hydroxyl groups excluding tert-OH is 1. The molecule has 2 aromatic carbocycles. The van der Waals surface area contributed by atoms with Crippen molar-refractivity contribution in [2.24, 2.45) is 0 Å². The molecule has 0 aliphatic carbocycles. The van der Waals surface area contributed by atoms with Crippen LogP contribution in [0.2, 0.25) is 10.0 Å². The topological polar surface area (TPSA) is 130 Å². The molecule has 1 saturated heterocycles. The summed E-state index contributed by atoms with van der Waals surface area (Å²) in [5.74, 6) is 0.388. The number of ether oxygens (including phenoxy) is 4. The Balaban J connectivity index is 2.20. The molecule has 2 N–H and O–H groups in total. The summed E-state index contributed by atoms with van der Waals surface area (Å²) in [6.07, 6.45) is -0.913. The van der Waals surface area contributed by atoms with Gasteiger partial charge in [0.05, 0.1) is 37.6 Å². The minimum Gasteiger partial charge on any atom is -0.493 e. The summed E-state index contributed by atoms with van der Waals surface area (Å²) >= 11 is 12.4. The van der Waals surface area contributed by atoms with E-state index in [-0.39, 0.29) is 33.7 Å². The van der Waals surface area contributed by atoms with Gasteiger partial charge in [0.15, 0.2) is 23.6 Å². The second-order valence-corrected chi connectivity index (χ2v) is 10.8. The van der Waals surface area contributed by atoms with Crippen molar-refractivity contribution in [3.05, 3.63) is 51.5 Å². The summed E-state index contributed by atoms with van der Waals surface area (Å²) in [6, 6.07) is 6.52. The van der Waals surface area contributed by atoms with Gasteiger partial charge in [-0.15, -0.1) is 0 Å². The van der Waals surface area contributed by atoms with Gasteiger partial charge in [0.2, 0.25) is 5.75 Å². The number of carbonyl (C=O) groups excluding carboxylic acids is 1. The van der Waals surface area contributed by atoms with Crippen LogP contribution in [0.4, 0.5) is 0 Å². The second kappa shape index (κ2) is 12.2. The average molecular weight is 578 g/mol. The maximum absolute atomic E-state index is 14.1. The number of ketones is 1. The number of halogens is 2. The van der Waals surface area contributed by atoms with E-state index in [2.05, 4.69) is 5.32 Å². The lowest BCUT2D eigenvalue weighted by Crippen LogP contribution is -2.55. The zero-order valence-corrected chi connectivity index (χ0v) is 23.1. The maximum Gasteiger partial charge on any atom is 0.266 e. The first-order valence-corrected chi connectivity index (χ1v) is 13.8. The van der Waals surface area contributed by atoms with E-state index in [0.717, 1.165) is 6.26 Å². The van der Waals surface area contributed by atoms with Gasteiger partial charge in [0, 0.05) is 18.6 Å². The third-order valence-electron chi connectivity index (χ3n) is 5.88. The molecule has 1 aliphatic heterocycles. The lowest BCUT2D eigenvalue weighted by atomic mass is 9.79. The molecule has 10 nitrogen and oxygen atoms in total. The molecule has 1 heterocycles. The molecule has 13 heteroatoms. The van der Waals surface area contributed by atoms with Gasteiger partial charge in [-0.1, -0.05) is 29.3 Å². The Morgan fingerprint density at radius 1 is 1.14 bits per heavy atom. The van der Waals surface area contributed by atoms with Crippen LogP contribution < -0.4 is 19.5 Å². The number of benzene rings is 2. The molecule has 1 fully saturated rings. The van der Waals surface area contributed by atoms with Gasteiger partial charge in [-0.2, -0.15) is 8.42 Å². The Kier molecular flexibility index (Phi) is 9.68. The molecule has 204 valence electrons. The molecule has 0 amide bonds.